The van der Waals surface area contributed by atoms with E-state index in [-0.39, 0.29) is 39.9 Å². The van der Waals surface area contributed by atoms with Gasteiger partial charge in [-0.05, 0) is 24.5 Å². The quantitative estimate of drug-likeness (QED) is 0.813. The summed E-state index contributed by atoms with van der Waals surface area (Å²) in [6.45, 7) is 3.39. The highest BCUT2D eigenvalue weighted by molar-refractivity contribution is 7.89. The number of amides is 1. The number of carbonyl (C=O) groups excluding carboxylic acids is 1. The van der Waals surface area contributed by atoms with Crippen molar-refractivity contribution in [1.29, 1.82) is 0 Å². The number of nitrogens with zero attached hydrogens (tertiary/aromatic N) is 2. The van der Waals surface area contributed by atoms with E-state index in [1.165, 1.54) is 16.4 Å². The van der Waals surface area contributed by atoms with E-state index in [1.807, 2.05) is 0 Å². The van der Waals surface area contributed by atoms with Gasteiger partial charge in [0.25, 0.3) is 0 Å². The predicted molar refractivity (Wildman–Crippen MR) is 89.1 cm³/mol. The highest BCUT2D eigenvalue weighted by atomic mass is 35.5. The number of rotatable bonds is 3. The van der Waals surface area contributed by atoms with Gasteiger partial charge in [0.15, 0.2) is 0 Å². The molecule has 0 aromatic heterocycles. The van der Waals surface area contributed by atoms with Gasteiger partial charge in [-0.1, -0.05) is 36.2 Å². The molecule has 3 rings (SSSR count). The standard InChI is InChI=1S/C15H18Cl2N2O3S/c1-10-9-11(10)15(20)18-5-7-19(8-6-18)23(21,22)14-12(16)3-2-4-13(14)17/h2-4,10-11H,5-9H2,1H3/t10-,11+/m0/s1. The van der Waals surface area contributed by atoms with Crippen molar-refractivity contribution in [1.82, 2.24) is 9.21 Å². The Balaban J connectivity index is 1.73. The second-order valence-corrected chi connectivity index (χ2v) is 8.79. The molecule has 1 aromatic rings. The first-order valence-electron chi connectivity index (χ1n) is 7.55. The van der Waals surface area contributed by atoms with Crippen molar-refractivity contribution >= 4 is 39.1 Å². The summed E-state index contributed by atoms with van der Waals surface area (Å²) >= 11 is 12.0. The van der Waals surface area contributed by atoms with Gasteiger partial charge >= 0.3 is 0 Å². The fourth-order valence-corrected chi connectivity index (χ4v) is 5.42. The Kier molecular flexibility index (Phi) is 4.62. The minimum absolute atomic E-state index is 0.0566. The van der Waals surface area contributed by atoms with E-state index in [9.17, 15) is 13.2 Å². The lowest BCUT2D eigenvalue weighted by Crippen LogP contribution is -2.51. The Bertz CT molecular complexity index is 710. The molecule has 2 atom stereocenters. The fourth-order valence-electron chi connectivity index (χ4n) is 2.91. The van der Waals surface area contributed by atoms with Crippen LogP contribution < -0.4 is 0 Å². The van der Waals surface area contributed by atoms with Crippen LogP contribution in [0.2, 0.25) is 10.0 Å². The summed E-state index contributed by atoms with van der Waals surface area (Å²) in [7, 11) is -3.76. The number of benzene rings is 1. The smallest absolute Gasteiger partial charge is 0.246 e. The van der Waals surface area contributed by atoms with Gasteiger partial charge in [0.2, 0.25) is 15.9 Å². The number of hydrogen-bond donors (Lipinski definition) is 0. The van der Waals surface area contributed by atoms with Gasteiger partial charge in [0.05, 0.1) is 10.0 Å². The molecule has 0 bridgehead atoms. The summed E-state index contributed by atoms with van der Waals surface area (Å²) in [6, 6.07) is 4.63. The average molecular weight is 377 g/mol. The zero-order valence-corrected chi connectivity index (χ0v) is 15.0. The molecule has 2 fully saturated rings. The third-order valence-electron chi connectivity index (χ3n) is 4.49. The Labute approximate surface area is 146 Å². The first-order valence-corrected chi connectivity index (χ1v) is 9.75. The molecule has 1 aliphatic heterocycles. The SMILES string of the molecule is C[C@H]1C[C@H]1C(=O)N1CCN(S(=O)(=O)c2c(Cl)cccc2Cl)CC1. The molecule has 0 N–H and O–H groups in total. The molecule has 8 heteroatoms. The van der Waals surface area contributed by atoms with Gasteiger partial charge < -0.3 is 4.90 Å². The van der Waals surface area contributed by atoms with E-state index in [1.54, 1.807) is 11.0 Å². The van der Waals surface area contributed by atoms with Crippen LogP contribution in [-0.2, 0) is 14.8 Å². The highest BCUT2D eigenvalue weighted by Crippen LogP contribution is 2.39. The summed E-state index contributed by atoms with van der Waals surface area (Å²) in [6.07, 6.45) is 0.937. The lowest BCUT2D eigenvalue weighted by atomic mass is 10.2. The molecule has 1 amide bonds. The molecule has 0 spiro atoms. The molecule has 0 radical (unpaired) electrons. The van der Waals surface area contributed by atoms with Crippen LogP contribution in [0.4, 0.5) is 0 Å². The van der Waals surface area contributed by atoms with E-state index in [0.29, 0.717) is 19.0 Å². The molecule has 5 nitrogen and oxygen atoms in total. The lowest BCUT2D eigenvalue weighted by molar-refractivity contribution is -0.134. The fraction of sp³-hybridized carbons (Fsp3) is 0.533. The molecule has 23 heavy (non-hydrogen) atoms. The van der Waals surface area contributed by atoms with Crippen LogP contribution in [0.3, 0.4) is 0 Å². The van der Waals surface area contributed by atoms with Gasteiger partial charge in [0.1, 0.15) is 4.90 Å². The van der Waals surface area contributed by atoms with Crippen LogP contribution in [0.5, 0.6) is 0 Å². The summed E-state index contributed by atoms with van der Waals surface area (Å²) in [5.74, 6) is 0.715. The van der Waals surface area contributed by atoms with Crippen molar-refractivity contribution in [2.75, 3.05) is 26.2 Å². The van der Waals surface area contributed by atoms with Crippen molar-refractivity contribution in [3.8, 4) is 0 Å². The number of piperazine rings is 1. The Morgan fingerprint density at radius 2 is 1.65 bits per heavy atom. The van der Waals surface area contributed by atoms with E-state index in [2.05, 4.69) is 6.92 Å². The highest BCUT2D eigenvalue weighted by Gasteiger charge is 2.42. The summed E-state index contributed by atoms with van der Waals surface area (Å²) in [4.78, 5) is 13.9. The molecule has 0 unspecified atom stereocenters. The molecular weight excluding hydrogens is 359 g/mol. The number of carbonyl (C=O) groups is 1. The van der Waals surface area contributed by atoms with E-state index < -0.39 is 10.0 Å². The number of sulfonamides is 1. The van der Waals surface area contributed by atoms with Crippen molar-refractivity contribution in [3.05, 3.63) is 28.2 Å². The van der Waals surface area contributed by atoms with Crippen molar-refractivity contribution in [2.45, 2.75) is 18.2 Å². The third kappa shape index (κ3) is 3.22. The largest absolute Gasteiger partial charge is 0.340 e. The van der Waals surface area contributed by atoms with Gasteiger partial charge in [-0.15, -0.1) is 0 Å². The molecular formula is C15H18Cl2N2O3S. The van der Waals surface area contributed by atoms with Crippen LogP contribution in [-0.4, -0.2) is 49.7 Å². The molecule has 1 aliphatic carbocycles. The van der Waals surface area contributed by atoms with E-state index in [0.717, 1.165) is 6.42 Å². The molecule has 1 saturated heterocycles. The van der Waals surface area contributed by atoms with E-state index in [4.69, 9.17) is 23.2 Å². The second kappa shape index (κ2) is 6.24. The number of hydrogen-bond acceptors (Lipinski definition) is 3. The molecule has 1 aromatic carbocycles. The first kappa shape index (κ1) is 17.0. The normalized spacial score (nSPS) is 25.4. The van der Waals surface area contributed by atoms with Crippen LogP contribution in [0.1, 0.15) is 13.3 Å². The minimum atomic E-state index is -3.76. The third-order valence-corrected chi connectivity index (χ3v) is 7.35. The second-order valence-electron chi connectivity index (χ2n) is 6.10. The van der Waals surface area contributed by atoms with Gasteiger partial charge in [-0.25, -0.2) is 8.42 Å². The van der Waals surface area contributed by atoms with Crippen LogP contribution in [0.25, 0.3) is 0 Å². The van der Waals surface area contributed by atoms with Crippen molar-refractivity contribution in [3.63, 3.8) is 0 Å². The average Bonchev–Trinajstić information content (AvgIpc) is 3.23. The topological polar surface area (TPSA) is 57.7 Å². The Morgan fingerprint density at radius 1 is 1.13 bits per heavy atom. The Hall–Kier alpha value is -0.820. The molecule has 2 aliphatic rings. The summed E-state index contributed by atoms with van der Waals surface area (Å²) < 4.78 is 26.9. The molecule has 1 saturated carbocycles. The summed E-state index contributed by atoms with van der Waals surface area (Å²) in [5.41, 5.74) is 0. The van der Waals surface area contributed by atoms with Crippen molar-refractivity contribution in [2.24, 2.45) is 11.8 Å². The maximum absolute atomic E-state index is 12.8. The number of halogens is 2. The van der Waals surface area contributed by atoms with Crippen molar-refractivity contribution < 1.29 is 13.2 Å². The maximum Gasteiger partial charge on any atom is 0.246 e. The molecule has 126 valence electrons. The van der Waals surface area contributed by atoms with Crippen LogP contribution in [0.15, 0.2) is 23.1 Å². The first-order chi connectivity index (χ1) is 10.8. The minimum Gasteiger partial charge on any atom is -0.340 e. The van der Waals surface area contributed by atoms with Crippen LogP contribution >= 0.6 is 23.2 Å². The maximum atomic E-state index is 12.8. The zero-order valence-electron chi connectivity index (χ0n) is 12.7. The lowest BCUT2D eigenvalue weighted by Gasteiger charge is -2.34. The van der Waals surface area contributed by atoms with E-state index >= 15 is 0 Å². The van der Waals surface area contributed by atoms with Gasteiger partial charge in [-0.3, -0.25) is 4.79 Å². The predicted octanol–water partition coefficient (Wildman–Crippen LogP) is 2.48. The van der Waals surface area contributed by atoms with Gasteiger partial charge in [-0.2, -0.15) is 4.31 Å². The Morgan fingerprint density at radius 3 is 2.13 bits per heavy atom. The zero-order chi connectivity index (χ0) is 16.8. The van der Waals surface area contributed by atoms with Crippen LogP contribution in [0, 0.1) is 11.8 Å². The van der Waals surface area contributed by atoms with Gasteiger partial charge in [0, 0.05) is 32.1 Å². The monoisotopic (exact) mass is 376 g/mol. The summed E-state index contributed by atoms with van der Waals surface area (Å²) in [5, 5.41) is 0.227. The molecule has 1 heterocycles.